The summed E-state index contributed by atoms with van der Waals surface area (Å²) in [6, 6.07) is 13.6. The molecular formula is C28H38N2O4. The number of benzene rings is 1. The third kappa shape index (κ3) is 6.44. The molecule has 0 aliphatic heterocycles. The number of nitrogens with one attached hydrogen (secondary N) is 1. The van der Waals surface area contributed by atoms with E-state index >= 15 is 0 Å². The Balaban J connectivity index is 1.88. The standard InChI is InChI=1S/C28H38N2O4/c1-3-4-10-22-13-17-29-24(19-22)30-25(31)27(14-8-9-15-27)21-28(26(32)33,16-18-34-2)20-23-11-6-5-7-12-23/h5-7,11-13,17,19H,3-4,8-10,14-16,18,20-21H2,1-2H3,(H,32,33)(H,29,30,31). The van der Waals surface area contributed by atoms with Gasteiger partial charge in [0, 0.05) is 19.9 Å². The van der Waals surface area contributed by atoms with Crippen LogP contribution in [0.4, 0.5) is 5.82 Å². The second kappa shape index (κ2) is 12.1. The number of rotatable bonds is 13. The minimum Gasteiger partial charge on any atom is -0.481 e. The summed E-state index contributed by atoms with van der Waals surface area (Å²) in [5.74, 6) is -0.431. The summed E-state index contributed by atoms with van der Waals surface area (Å²) in [5.41, 5.74) is 0.286. The van der Waals surface area contributed by atoms with Crippen LogP contribution in [0.25, 0.3) is 0 Å². The lowest BCUT2D eigenvalue weighted by atomic mass is 9.65. The molecule has 1 heterocycles. The molecule has 2 aromatic rings. The third-order valence-corrected chi connectivity index (χ3v) is 7.23. The molecule has 0 bridgehead atoms. The number of methoxy groups -OCH3 is 1. The highest BCUT2D eigenvalue weighted by atomic mass is 16.5. The number of nitrogens with zero attached hydrogens (tertiary/aromatic N) is 1. The van der Waals surface area contributed by atoms with E-state index < -0.39 is 16.8 Å². The number of unbranched alkanes of at least 4 members (excludes halogenated alkanes) is 1. The van der Waals surface area contributed by atoms with E-state index in [9.17, 15) is 14.7 Å². The Morgan fingerprint density at radius 2 is 1.88 bits per heavy atom. The zero-order valence-electron chi connectivity index (χ0n) is 20.5. The molecule has 1 unspecified atom stereocenters. The Labute approximate surface area is 203 Å². The first-order valence-electron chi connectivity index (χ1n) is 12.5. The van der Waals surface area contributed by atoms with Crippen LogP contribution in [-0.4, -0.2) is 35.7 Å². The van der Waals surface area contributed by atoms with Crippen molar-refractivity contribution >= 4 is 17.7 Å². The number of amides is 1. The molecular weight excluding hydrogens is 428 g/mol. The highest BCUT2D eigenvalue weighted by Crippen LogP contribution is 2.50. The molecule has 1 aliphatic rings. The maximum Gasteiger partial charge on any atom is 0.310 e. The predicted molar refractivity (Wildman–Crippen MR) is 134 cm³/mol. The summed E-state index contributed by atoms with van der Waals surface area (Å²) >= 11 is 0. The van der Waals surface area contributed by atoms with Gasteiger partial charge in [0.05, 0.1) is 10.8 Å². The number of carbonyl (C=O) groups excluding carboxylic acids is 1. The molecule has 1 aliphatic carbocycles. The fraction of sp³-hybridized carbons (Fsp3) is 0.536. The smallest absolute Gasteiger partial charge is 0.310 e. The van der Waals surface area contributed by atoms with Crippen molar-refractivity contribution in [2.75, 3.05) is 19.0 Å². The highest BCUT2D eigenvalue weighted by molar-refractivity contribution is 5.95. The van der Waals surface area contributed by atoms with E-state index in [1.807, 2.05) is 42.5 Å². The number of hydrogen-bond acceptors (Lipinski definition) is 4. The van der Waals surface area contributed by atoms with Crippen LogP contribution in [0.3, 0.4) is 0 Å². The van der Waals surface area contributed by atoms with Crippen LogP contribution in [0, 0.1) is 10.8 Å². The Kier molecular flexibility index (Phi) is 9.22. The molecule has 6 nitrogen and oxygen atoms in total. The van der Waals surface area contributed by atoms with Crippen LogP contribution in [0.2, 0.25) is 0 Å². The first kappa shape index (κ1) is 25.9. The highest BCUT2D eigenvalue weighted by Gasteiger charge is 2.51. The molecule has 0 spiro atoms. The molecule has 1 saturated carbocycles. The van der Waals surface area contributed by atoms with Crippen LogP contribution in [-0.2, 0) is 27.2 Å². The van der Waals surface area contributed by atoms with Crippen molar-refractivity contribution in [3.8, 4) is 0 Å². The number of carboxylic acids is 1. The quantitative estimate of drug-likeness (QED) is 0.397. The predicted octanol–water partition coefficient (Wildman–Crippen LogP) is 5.66. The van der Waals surface area contributed by atoms with Crippen LogP contribution >= 0.6 is 0 Å². The lowest BCUT2D eigenvalue weighted by Gasteiger charge is -2.38. The molecule has 1 fully saturated rings. The average molecular weight is 467 g/mol. The fourth-order valence-corrected chi connectivity index (χ4v) is 5.29. The number of aryl methyl sites for hydroxylation is 1. The number of aliphatic carboxylic acids is 1. The van der Waals surface area contributed by atoms with Gasteiger partial charge in [0.2, 0.25) is 5.91 Å². The molecule has 0 radical (unpaired) electrons. The van der Waals surface area contributed by atoms with Crippen molar-refractivity contribution in [3.63, 3.8) is 0 Å². The Morgan fingerprint density at radius 1 is 1.15 bits per heavy atom. The van der Waals surface area contributed by atoms with Gasteiger partial charge in [-0.3, -0.25) is 9.59 Å². The molecule has 3 rings (SSSR count). The van der Waals surface area contributed by atoms with Crippen molar-refractivity contribution in [3.05, 3.63) is 59.8 Å². The van der Waals surface area contributed by atoms with E-state index in [4.69, 9.17) is 4.74 Å². The summed E-state index contributed by atoms with van der Waals surface area (Å²) in [5, 5.41) is 13.5. The van der Waals surface area contributed by atoms with E-state index in [1.54, 1.807) is 13.3 Å². The molecule has 6 heteroatoms. The number of anilines is 1. The summed E-state index contributed by atoms with van der Waals surface area (Å²) in [4.78, 5) is 30.9. The van der Waals surface area contributed by atoms with Crippen LogP contribution in [0.15, 0.2) is 48.7 Å². The van der Waals surface area contributed by atoms with Crippen LogP contribution < -0.4 is 5.32 Å². The van der Waals surface area contributed by atoms with Crippen LogP contribution in [0.1, 0.15) is 69.4 Å². The zero-order chi connectivity index (χ0) is 24.4. The molecule has 2 N–H and O–H groups in total. The molecule has 1 aromatic carbocycles. The topological polar surface area (TPSA) is 88.5 Å². The number of carbonyl (C=O) groups is 2. The first-order chi connectivity index (χ1) is 16.4. The molecule has 1 aromatic heterocycles. The minimum absolute atomic E-state index is 0.110. The zero-order valence-corrected chi connectivity index (χ0v) is 20.5. The maximum absolute atomic E-state index is 13.7. The molecule has 184 valence electrons. The number of aromatic nitrogens is 1. The monoisotopic (exact) mass is 466 g/mol. The van der Waals surface area contributed by atoms with Crippen molar-refractivity contribution in [1.82, 2.24) is 4.98 Å². The summed E-state index contributed by atoms with van der Waals surface area (Å²) in [6.45, 7) is 2.49. The number of hydrogen-bond donors (Lipinski definition) is 2. The first-order valence-corrected chi connectivity index (χ1v) is 12.5. The fourth-order valence-electron chi connectivity index (χ4n) is 5.29. The summed E-state index contributed by atoms with van der Waals surface area (Å²) in [7, 11) is 1.59. The second-order valence-electron chi connectivity index (χ2n) is 9.76. The van der Waals surface area contributed by atoms with Crippen molar-refractivity contribution in [2.45, 2.75) is 71.1 Å². The van der Waals surface area contributed by atoms with E-state index in [0.29, 0.717) is 38.1 Å². The van der Waals surface area contributed by atoms with Gasteiger partial charge in [-0.05, 0) is 68.2 Å². The van der Waals surface area contributed by atoms with Gasteiger partial charge in [-0.15, -0.1) is 0 Å². The van der Waals surface area contributed by atoms with E-state index in [2.05, 4.69) is 17.2 Å². The van der Waals surface area contributed by atoms with Gasteiger partial charge in [-0.25, -0.2) is 4.98 Å². The van der Waals surface area contributed by atoms with Gasteiger partial charge in [-0.1, -0.05) is 56.5 Å². The van der Waals surface area contributed by atoms with Crippen LogP contribution in [0.5, 0.6) is 0 Å². The van der Waals surface area contributed by atoms with E-state index in [-0.39, 0.29) is 12.3 Å². The van der Waals surface area contributed by atoms with Gasteiger partial charge in [0.15, 0.2) is 0 Å². The Morgan fingerprint density at radius 3 is 2.53 bits per heavy atom. The largest absolute Gasteiger partial charge is 0.481 e. The number of carboxylic acid groups (broad SMARTS) is 1. The molecule has 34 heavy (non-hydrogen) atoms. The van der Waals surface area contributed by atoms with Crippen molar-refractivity contribution in [1.29, 1.82) is 0 Å². The van der Waals surface area contributed by atoms with E-state index in [0.717, 1.165) is 43.2 Å². The van der Waals surface area contributed by atoms with Gasteiger partial charge in [-0.2, -0.15) is 0 Å². The van der Waals surface area contributed by atoms with Gasteiger partial charge in [0.25, 0.3) is 0 Å². The SMILES string of the molecule is CCCCc1ccnc(NC(=O)C2(CC(CCOC)(Cc3ccccc3)C(=O)O)CCCC2)c1. The average Bonchev–Trinajstić information content (AvgIpc) is 3.31. The lowest BCUT2D eigenvalue weighted by Crippen LogP contribution is -2.45. The summed E-state index contributed by atoms with van der Waals surface area (Å²) in [6.07, 6.45) is 9.09. The van der Waals surface area contributed by atoms with E-state index in [1.165, 1.54) is 0 Å². The Bertz CT molecular complexity index is 940. The molecule has 1 atom stereocenters. The molecule has 1 amide bonds. The third-order valence-electron chi connectivity index (χ3n) is 7.23. The van der Waals surface area contributed by atoms with Crippen molar-refractivity contribution in [2.24, 2.45) is 10.8 Å². The molecule has 0 saturated heterocycles. The van der Waals surface area contributed by atoms with Gasteiger partial charge in [0.1, 0.15) is 5.82 Å². The summed E-state index contributed by atoms with van der Waals surface area (Å²) < 4.78 is 5.31. The van der Waals surface area contributed by atoms with Crippen molar-refractivity contribution < 1.29 is 19.4 Å². The lowest BCUT2D eigenvalue weighted by molar-refractivity contribution is -0.153. The van der Waals surface area contributed by atoms with Gasteiger partial charge < -0.3 is 15.2 Å². The normalized spacial score (nSPS) is 16.6. The minimum atomic E-state index is -1.09. The second-order valence-corrected chi connectivity index (χ2v) is 9.76. The van der Waals surface area contributed by atoms with Gasteiger partial charge >= 0.3 is 5.97 Å². The number of ether oxygens (including phenoxy) is 1. The maximum atomic E-state index is 13.7. The number of pyridine rings is 1. The Hall–Kier alpha value is -2.73.